The maximum atomic E-state index is 6.03. The molecule has 0 aromatic carbocycles. The highest BCUT2D eigenvalue weighted by atomic mass is 16.5. The van der Waals surface area contributed by atoms with E-state index in [2.05, 4.69) is 11.9 Å². The summed E-state index contributed by atoms with van der Waals surface area (Å²) in [5.74, 6) is 0.482. The van der Waals surface area contributed by atoms with Gasteiger partial charge < -0.3 is 10.5 Å². The van der Waals surface area contributed by atoms with Gasteiger partial charge in [0.05, 0.1) is 0 Å². The van der Waals surface area contributed by atoms with E-state index in [0.29, 0.717) is 5.92 Å². The molecule has 0 saturated carbocycles. The van der Waals surface area contributed by atoms with Crippen LogP contribution in [0.25, 0.3) is 0 Å². The molecule has 1 heterocycles. The predicted octanol–water partition coefficient (Wildman–Crippen LogP) is 1.75. The summed E-state index contributed by atoms with van der Waals surface area (Å²) >= 11 is 0. The molecule has 2 N–H and O–H groups in total. The maximum Gasteiger partial charge on any atom is 0.0488 e. The molecule has 0 bridgehead atoms. The molecule has 3 nitrogen and oxygen atoms in total. The maximum absolute atomic E-state index is 6.03. The van der Waals surface area contributed by atoms with Crippen molar-refractivity contribution in [3.8, 4) is 0 Å². The fourth-order valence-electron chi connectivity index (χ4n) is 1.52. The van der Waals surface area contributed by atoms with Gasteiger partial charge in [0, 0.05) is 32.2 Å². The molecular formula is C11H18N2O. The van der Waals surface area contributed by atoms with E-state index in [1.165, 1.54) is 0 Å². The van der Waals surface area contributed by atoms with Crippen molar-refractivity contribution >= 4 is 0 Å². The smallest absolute Gasteiger partial charge is 0.0488 e. The van der Waals surface area contributed by atoms with Crippen molar-refractivity contribution in [1.29, 1.82) is 0 Å². The number of methoxy groups -OCH3 is 1. The van der Waals surface area contributed by atoms with Crippen LogP contribution in [0.15, 0.2) is 24.5 Å². The van der Waals surface area contributed by atoms with Crippen molar-refractivity contribution < 1.29 is 4.74 Å². The Hall–Kier alpha value is -0.930. The Kier molecular flexibility index (Phi) is 4.56. The predicted molar refractivity (Wildman–Crippen MR) is 56.8 cm³/mol. The Bertz CT molecular complexity index is 251. The fraction of sp³-hybridized carbons (Fsp3) is 0.545. The summed E-state index contributed by atoms with van der Waals surface area (Å²) in [6, 6.07) is 3.99. The van der Waals surface area contributed by atoms with E-state index in [1.54, 1.807) is 13.3 Å². The minimum atomic E-state index is 0.0637. The minimum Gasteiger partial charge on any atom is -0.384 e. The summed E-state index contributed by atoms with van der Waals surface area (Å²) in [5, 5.41) is 0. The summed E-state index contributed by atoms with van der Waals surface area (Å²) in [7, 11) is 1.71. The van der Waals surface area contributed by atoms with Crippen molar-refractivity contribution in [2.75, 3.05) is 13.7 Å². The van der Waals surface area contributed by atoms with Gasteiger partial charge in [-0.15, -0.1) is 0 Å². The van der Waals surface area contributed by atoms with Gasteiger partial charge in [-0.05, 0) is 24.0 Å². The van der Waals surface area contributed by atoms with E-state index in [-0.39, 0.29) is 6.04 Å². The summed E-state index contributed by atoms with van der Waals surface area (Å²) in [6.07, 6.45) is 4.51. The molecule has 2 atom stereocenters. The lowest BCUT2D eigenvalue weighted by Crippen LogP contribution is -2.16. The molecule has 0 spiro atoms. The lowest BCUT2D eigenvalue weighted by Gasteiger charge is -2.16. The van der Waals surface area contributed by atoms with Crippen LogP contribution < -0.4 is 5.73 Å². The average molecular weight is 194 g/mol. The lowest BCUT2D eigenvalue weighted by molar-refractivity contribution is 0.152. The molecule has 0 aliphatic heterocycles. The summed E-state index contributed by atoms with van der Waals surface area (Å²) < 4.78 is 5.07. The third-order valence-corrected chi connectivity index (χ3v) is 2.22. The van der Waals surface area contributed by atoms with Gasteiger partial charge in [-0.3, -0.25) is 4.98 Å². The molecule has 1 rings (SSSR count). The van der Waals surface area contributed by atoms with Crippen molar-refractivity contribution in [3.63, 3.8) is 0 Å². The van der Waals surface area contributed by atoms with Crippen LogP contribution in [-0.2, 0) is 4.74 Å². The number of hydrogen-bond donors (Lipinski definition) is 1. The zero-order chi connectivity index (χ0) is 10.4. The van der Waals surface area contributed by atoms with E-state index < -0.39 is 0 Å². The Morgan fingerprint density at radius 2 is 2.36 bits per heavy atom. The molecule has 0 radical (unpaired) electrons. The van der Waals surface area contributed by atoms with Gasteiger partial charge in [0.25, 0.3) is 0 Å². The van der Waals surface area contributed by atoms with E-state index >= 15 is 0 Å². The number of rotatable bonds is 5. The van der Waals surface area contributed by atoms with Crippen LogP contribution in [0.2, 0.25) is 0 Å². The van der Waals surface area contributed by atoms with E-state index in [0.717, 1.165) is 18.6 Å². The molecule has 1 aromatic rings. The number of hydrogen-bond acceptors (Lipinski definition) is 3. The number of aromatic nitrogens is 1. The van der Waals surface area contributed by atoms with Gasteiger partial charge in [-0.2, -0.15) is 0 Å². The monoisotopic (exact) mass is 194 g/mol. The van der Waals surface area contributed by atoms with Gasteiger partial charge in [0.15, 0.2) is 0 Å². The first kappa shape index (κ1) is 11.1. The van der Waals surface area contributed by atoms with E-state index in [1.807, 2.05) is 18.3 Å². The van der Waals surface area contributed by atoms with Crippen LogP contribution in [0.3, 0.4) is 0 Å². The van der Waals surface area contributed by atoms with Crippen LogP contribution >= 0.6 is 0 Å². The molecule has 3 heteroatoms. The summed E-state index contributed by atoms with van der Waals surface area (Å²) in [6.45, 7) is 2.90. The number of nitrogens with zero attached hydrogens (tertiary/aromatic N) is 1. The van der Waals surface area contributed by atoms with Gasteiger partial charge in [-0.1, -0.05) is 13.0 Å². The third-order valence-electron chi connectivity index (χ3n) is 2.22. The van der Waals surface area contributed by atoms with Gasteiger partial charge in [-0.25, -0.2) is 0 Å². The van der Waals surface area contributed by atoms with Crippen molar-refractivity contribution in [2.24, 2.45) is 11.7 Å². The van der Waals surface area contributed by atoms with Gasteiger partial charge >= 0.3 is 0 Å². The fourth-order valence-corrected chi connectivity index (χ4v) is 1.52. The Morgan fingerprint density at radius 3 is 2.93 bits per heavy atom. The van der Waals surface area contributed by atoms with E-state index in [4.69, 9.17) is 10.5 Å². The van der Waals surface area contributed by atoms with E-state index in [9.17, 15) is 0 Å². The Balaban J connectivity index is 2.46. The number of ether oxygens (including phenoxy) is 1. The number of nitrogens with two attached hydrogens (primary N) is 1. The highest BCUT2D eigenvalue weighted by Gasteiger charge is 2.10. The van der Waals surface area contributed by atoms with Crippen molar-refractivity contribution in [2.45, 2.75) is 19.4 Å². The average Bonchev–Trinajstić information content (AvgIpc) is 2.19. The topological polar surface area (TPSA) is 48.1 Å². The summed E-state index contributed by atoms with van der Waals surface area (Å²) in [5.41, 5.74) is 7.12. The van der Waals surface area contributed by atoms with Crippen LogP contribution in [-0.4, -0.2) is 18.7 Å². The zero-order valence-electron chi connectivity index (χ0n) is 8.81. The molecule has 2 unspecified atom stereocenters. The molecule has 0 saturated heterocycles. The molecule has 0 aliphatic carbocycles. The quantitative estimate of drug-likeness (QED) is 0.777. The lowest BCUT2D eigenvalue weighted by atomic mass is 9.98. The highest BCUT2D eigenvalue weighted by molar-refractivity contribution is 5.13. The van der Waals surface area contributed by atoms with Gasteiger partial charge in [0.2, 0.25) is 0 Å². The summed E-state index contributed by atoms with van der Waals surface area (Å²) in [4.78, 5) is 4.05. The molecule has 78 valence electrons. The molecule has 1 aromatic heterocycles. The SMILES string of the molecule is COCC(C)CC(N)c1cccnc1. The first-order valence-corrected chi connectivity index (χ1v) is 4.88. The van der Waals surface area contributed by atoms with Crippen LogP contribution in [0, 0.1) is 5.92 Å². The Morgan fingerprint density at radius 1 is 1.57 bits per heavy atom. The second-order valence-electron chi connectivity index (χ2n) is 3.69. The van der Waals surface area contributed by atoms with Crippen LogP contribution in [0.5, 0.6) is 0 Å². The molecular weight excluding hydrogens is 176 g/mol. The molecule has 0 aliphatic rings. The third kappa shape index (κ3) is 3.44. The van der Waals surface area contributed by atoms with Crippen molar-refractivity contribution in [3.05, 3.63) is 30.1 Å². The van der Waals surface area contributed by atoms with Gasteiger partial charge in [0.1, 0.15) is 0 Å². The normalized spacial score (nSPS) is 15.1. The standard InChI is InChI=1S/C11H18N2O/c1-9(8-14-2)6-11(12)10-4-3-5-13-7-10/h3-5,7,9,11H,6,8,12H2,1-2H3. The van der Waals surface area contributed by atoms with Crippen LogP contribution in [0.4, 0.5) is 0 Å². The number of pyridine rings is 1. The second-order valence-corrected chi connectivity index (χ2v) is 3.69. The molecule has 0 fully saturated rings. The largest absolute Gasteiger partial charge is 0.384 e. The first-order valence-electron chi connectivity index (χ1n) is 4.88. The van der Waals surface area contributed by atoms with Crippen LogP contribution in [0.1, 0.15) is 24.9 Å². The van der Waals surface area contributed by atoms with Crippen molar-refractivity contribution in [1.82, 2.24) is 4.98 Å². The minimum absolute atomic E-state index is 0.0637. The molecule has 0 amide bonds. The molecule has 14 heavy (non-hydrogen) atoms. The second kappa shape index (κ2) is 5.73. The highest BCUT2D eigenvalue weighted by Crippen LogP contribution is 2.17. The first-order chi connectivity index (χ1) is 6.74. The zero-order valence-corrected chi connectivity index (χ0v) is 8.81. The Labute approximate surface area is 85.3 Å².